The molecule has 31 heavy (non-hydrogen) atoms. The van der Waals surface area contributed by atoms with Gasteiger partial charge >= 0.3 is 0 Å². The third-order valence-corrected chi connectivity index (χ3v) is 6.80. The molecule has 0 aromatic heterocycles. The molecule has 1 aliphatic heterocycles. The van der Waals surface area contributed by atoms with Crippen molar-refractivity contribution in [1.29, 1.82) is 0 Å². The molecule has 0 bridgehead atoms. The first-order chi connectivity index (χ1) is 14.9. The summed E-state index contributed by atoms with van der Waals surface area (Å²) in [6.07, 6.45) is -1.07. The molecule has 166 valence electrons. The van der Waals surface area contributed by atoms with Crippen molar-refractivity contribution < 1.29 is 28.3 Å². The third-order valence-electron chi connectivity index (χ3n) is 4.93. The van der Waals surface area contributed by atoms with Crippen LogP contribution < -0.4 is 5.32 Å². The second-order valence-electron chi connectivity index (χ2n) is 7.08. The number of hydrogen-bond donors (Lipinski definition) is 3. The first kappa shape index (κ1) is 22.9. The number of carbonyl (C=O) groups is 1. The molecule has 2 aromatic rings. The van der Waals surface area contributed by atoms with E-state index >= 15 is 0 Å². The minimum absolute atomic E-state index is 0.0547. The molecule has 0 spiro atoms. The SMILES string of the molecule is CO/N=C1\CC(C(=O)NCC(O)CO)N(S(=O)(=O)c2ccc(-c3ccccc3)cc2)C1. The molecular formula is C21H25N3O6S. The first-order valence-electron chi connectivity index (χ1n) is 9.69. The highest BCUT2D eigenvalue weighted by molar-refractivity contribution is 7.89. The Bertz CT molecular complexity index is 1020. The number of hydrogen-bond acceptors (Lipinski definition) is 7. The van der Waals surface area contributed by atoms with Crippen LogP contribution in [-0.2, 0) is 19.7 Å². The van der Waals surface area contributed by atoms with Crippen LogP contribution >= 0.6 is 0 Å². The summed E-state index contributed by atoms with van der Waals surface area (Å²) in [5.41, 5.74) is 2.24. The lowest BCUT2D eigenvalue weighted by Crippen LogP contribution is -2.47. The Morgan fingerprint density at radius 2 is 1.84 bits per heavy atom. The molecule has 0 saturated carbocycles. The van der Waals surface area contributed by atoms with Gasteiger partial charge in [0.1, 0.15) is 13.2 Å². The van der Waals surface area contributed by atoms with Crippen LogP contribution in [0.25, 0.3) is 11.1 Å². The van der Waals surface area contributed by atoms with E-state index in [0.29, 0.717) is 5.71 Å². The summed E-state index contributed by atoms with van der Waals surface area (Å²) in [4.78, 5) is 17.5. The second-order valence-corrected chi connectivity index (χ2v) is 8.97. The molecule has 1 aliphatic rings. The maximum absolute atomic E-state index is 13.3. The number of rotatable bonds is 8. The van der Waals surface area contributed by atoms with Gasteiger partial charge in [0.2, 0.25) is 15.9 Å². The van der Waals surface area contributed by atoms with Gasteiger partial charge in [0.15, 0.2) is 0 Å². The van der Waals surface area contributed by atoms with E-state index in [2.05, 4.69) is 10.5 Å². The van der Waals surface area contributed by atoms with Crippen molar-refractivity contribution >= 4 is 21.6 Å². The molecule has 1 amide bonds. The number of aliphatic hydroxyl groups excluding tert-OH is 2. The maximum atomic E-state index is 13.3. The van der Waals surface area contributed by atoms with E-state index < -0.39 is 34.7 Å². The Kier molecular flexibility index (Phi) is 7.39. The minimum atomic E-state index is -4.00. The molecule has 3 N–H and O–H groups in total. The van der Waals surface area contributed by atoms with Crippen LogP contribution in [0.4, 0.5) is 0 Å². The molecule has 3 rings (SSSR count). The number of amides is 1. The van der Waals surface area contributed by atoms with Gasteiger partial charge < -0.3 is 20.4 Å². The lowest BCUT2D eigenvalue weighted by Gasteiger charge is -2.23. The van der Waals surface area contributed by atoms with Crippen LogP contribution in [0.5, 0.6) is 0 Å². The monoisotopic (exact) mass is 447 g/mol. The number of aliphatic hydroxyl groups is 2. The maximum Gasteiger partial charge on any atom is 0.244 e. The topological polar surface area (TPSA) is 129 Å². The van der Waals surface area contributed by atoms with E-state index in [1.807, 2.05) is 30.3 Å². The molecule has 0 aliphatic carbocycles. The highest BCUT2D eigenvalue weighted by Crippen LogP contribution is 2.27. The van der Waals surface area contributed by atoms with Gasteiger partial charge in [-0.15, -0.1) is 0 Å². The van der Waals surface area contributed by atoms with Gasteiger partial charge in [-0.2, -0.15) is 4.31 Å². The summed E-state index contributed by atoms with van der Waals surface area (Å²) in [6.45, 7) is -0.795. The Morgan fingerprint density at radius 3 is 2.45 bits per heavy atom. The third kappa shape index (κ3) is 5.28. The summed E-state index contributed by atoms with van der Waals surface area (Å²) in [7, 11) is -2.66. The molecular weight excluding hydrogens is 422 g/mol. The fourth-order valence-electron chi connectivity index (χ4n) is 3.34. The molecule has 1 fully saturated rings. The number of sulfonamides is 1. The lowest BCUT2D eigenvalue weighted by molar-refractivity contribution is -0.124. The van der Waals surface area contributed by atoms with E-state index in [1.165, 1.54) is 19.2 Å². The highest BCUT2D eigenvalue weighted by atomic mass is 32.2. The van der Waals surface area contributed by atoms with Crippen molar-refractivity contribution in [3.8, 4) is 11.1 Å². The number of carbonyl (C=O) groups excluding carboxylic acids is 1. The van der Waals surface area contributed by atoms with Gasteiger partial charge in [-0.05, 0) is 23.3 Å². The van der Waals surface area contributed by atoms with E-state index in [4.69, 9.17) is 9.94 Å². The number of benzene rings is 2. The van der Waals surface area contributed by atoms with Gasteiger partial charge in [-0.3, -0.25) is 4.79 Å². The smallest absolute Gasteiger partial charge is 0.244 e. The van der Waals surface area contributed by atoms with Crippen molar-refractivity contribution in [2.45, 2.75) is 23.5 Å². The highest BCUT2D eigenvalue weighted by Gasteiger charge is 2.42. The van der Waals surface area contributed by atoms with E-state index in [0.717, 1.165) is 15.4 Å². The molecule has 2 aromatic carbocycles. The minimum Gasteiger partial charge on any atom is -0.399 e. The predicted molar refractivity (Wildman–Crippen MR) is 115 cm³/mol. The fraction of sp³-hybridized carbons (Fsp3) is 0.333. The van der Waals surface area contributed by atoms with Gasteiger partial charge in [0.25, 0.3) is 0 Å². The summed E-state index contributed by atoms with van der Waals surface area (Å²) < 4.78 is 27.7. The number of oxime groups is 1. The standard InChI is InChI=1S/C21H25N3O6S/c1-30-23-17-11-20(21(27)22-12-18(26)14-25)24(13-17)31(28,29)19-9-7-16(8-10-19)15-5-3-2-4-6-15/h2-10,18,20,25-26H,11-14H2,1H3,(H,22,27)/b23-17+. The normalized spacial score (nSPS) is 19.3. The lowest BCUT2D eigenvalue weighted by atomic mass is 10.1. The Hall–Kier alpha value is -2.79. The predicted octanol–water partition coefficient (Wildman–Crippen LogP) is 0.588. The van der Waals surface area contributed by atoms with Crippen LogP contribution in [0.15, 0.2) is 64.6 Å². The Balaban J connectivity index is 1.85. The zero-order valence-corrected chi connectivity index (χ0v) is 17.8. The largest absolute Gasteiger partial charge is 0.399 e. The molecule has 9 nitrogen and oxygen atoms in total. The first-order valence-corrected chi connectivity index (χ1v) is 11.1. The summed E-state index contributed by atoms with van der Waals surface area (Å²) >= 11 is 0. The molecule has 1 saturated heterocycles. The Morgan fingerprint density at radius 1 is 1.19 bits per heavy atom. The van der Waals surface area contributed by atoms with Crippen LogP contribution in [-0.4, -0.2) is 73.5 Å². The average molecular weight is 448 g/mol. The number of nitrogens with one attached hydrogen (secondary N) is 1. The van der Waals surface area contributed by atoms with Crippen molar-refractivity contribution in [2.24, 2.45) is 5.16 Å². The zero-order valence-electron chi connectivity index (χ0n) is 17.0. The van der Waals surface area contributed by atoms with Crippen molar-refractivity contribution in [1.82, 2.24) is 9.62 Å². The second kappa shape index (κ2) is 10.0. The number of nitrogens with zero attached hydrogens (tertiary/aromatic N) is 2. The quantitative estimate of drug-likeness (QED) is 0.508. The molecule has 0 radical (unpaired) electrons. The van der Waals surface area contributed by atoms with E-state index in [9.17, 15) is 18.3 Å². The summed E-state index contributed by atoms with van der Waals surface area (Å²) in [5.74, 6) is -0.585. The van der Waals surface area contributed by atoms with Crippen LogP contribution in [0.1, 0.15) is 6.42 Å². The van der Waals surface area contributed by atoms with Gasteiger partial charge in [-0.1, -0.05) is 47.6 Å². The van der Waals surface area contributed by atoms with Crippen molar-refractivity contribution in [3.05, 3.63) is 54.6 Å². The molecule has 2 unspecified atom stereocenters. The summed E-state index contributed by atoms with van der Waals surface area (Å²) in [5, 5.41) is 24.7. The zero-order chi connectivity index (χ0) is 22.4. The van der Waals surface area contributed by atoms with Crippen LogP contribution in [0.2, 0.25) is 0 Å². The van der Waals surface area contributed by atoms with Gasteiger partial charge in [0, 0.05) is 13.0 Å². The summed E-state index contributed by atoms with van der Waals surface area (Å²) in [6, 6.07) is 15.0. The van der Waals surface area contributed by atoms with Crippen molar-refractivity contribution in [2.75, 3.05) is 26.8 Å². The van der Waals surface area contributed by atoms with E-state index in [-0.39, 0.29) is 24.4 Å². The van der Waals surface area contributed by atoms with Crippen LogP contribution in [0, 0.1) is 0 Å². The molecule has 2 atom stereocenters. The molecule has 10 heteroatoms. The van der Waals surface area contributed by atoms with Gasteiger partial charge in [0.05, 0.1) is 29.9 Å². The van der Waals surface area contributed by atoms with Crippen molar-refractivity contribution in [3.63, 3.8) is 0 Å². The van der Waals surface area contributed by atoms with Crippen LogP contribution in [0.3, 0.4) is 0 Å². The fourth-order valence-corrected chi connectivity index (χ4v) is 4.91. The van der Waals surface area contributed by atoms with E-state index in [1.54, 1.807) is 12.1 Å². The molecule has 1 heterocycles. The Labute approximate surface area is 181 Å². The van der Waals surface area contributed by atoms with Gasteiger partial charge in [-0.25, -0.2) is 8.42 Å². The average Bonchev–Trinajstić information content (AvgIpc) is 3.23.